The third-order valence-corrected chi connectivity index (χ3v) is 3.13. The summed E-state index contributed by atoms with van der Waals surface area (Å²) in [6.45, 7) is 0.464. The van der Waals surface area contributed by atoms with Gasteiger partial charge in [0.2, 0.25) is 0 Å². The average molecular weight is 357 g/mol. The highest BCUT2D eigenvalue weighted by Gasteiger charge is 2.06. The Bertz CT molecular complexity index is 545. The van der Waals surface area contributed by atoms with E-state index in [0.717, 1.165) is 14.9 Å². The van der Waals surface area contributed by atoms with Gasteiger partial charge in [0.15, 0.2) is 0 Å². The Morgan fingerprint density at radius 1 is 1.17 bits per heavy atom. The van der Waals surface area contributed by atoms with Gasteiger partial charge < -0.3 is 10.5 Å². The second-order valence-electron chi connectivity index (χ2n) is 3.85. The summed E-state index contributed by atoms with van der Waals surface area (Å²) in [6, 6.07) is 12.2. The predicted molar refractivity (Wildman–Crippen MR) is 78.4 cm³/mol. The largest absolute Gasteiger partial charge is 0.457 e. The molecule has 0 saturated heterocycles. The molecular formula is C14H13FINO. The van der Waals surface area contributed by atoms with Crippen LogP contribution in [0.25, 0.3) is 0 Å². The van der Waals surface area contributed by atoms with Gasteiger partial charge in [-0.15, -0.1) is 0 Å². The molecule has 0 bridgehead atoms. The molecule has 0 aromatic heterocycles. The van der Waals surface area contributed by atoms with Crippen molar-refractivity contribution in [1.29, 1.82) is 0 Å². The lowest BCUT2D eigenvalue weighted by Gasteiger charge is -2.11. The Morgan fingerprint density at radius 2 is 2.00 bits per heavy atom. The first-order valence-corrected chi connectivity index (χ1v) is 6.69. The quantitative estimate of drug-likeness (QED) is 0.847. The Labute approximate surface area is 119 Å². The molecule has 94 valence electrons. The SMILES string of the molecule is NCCc1cc(F)ccc1Oc1cccc(I)c1. The molecule has 0 aliphatic carbocycles. The van der Waals surface area contributed by atoms with Crippen LogP contribution in [-0.4, -0.2) is 6.54 Å². The van der Waals surface area contributed by atoms with Crippen molar-refractivity contribution >= 4 is 22.6 Å². The zero-order valence-corrected chi connectivity index (χ0v) is 11.9. The number of rotatable bonds is 4. The van der Waals surface area contributed by atoms with E-state index in [2.05, 4.69) is 22.6 Å². The van der Waals surface area contributed by atoms with Crippen molar-refractivity contribution < 1.29 is 9.13 Å². The fourth-order valence-corrected chi connectivity index (χ4v) is 2.17. The normalized spacial score (nSPS) is 10.4. The van der Waals surface area contributed by atoms with Gasteiger partial charge in [-0.25, -0.2) is 4.39 Å². The van der Waals surface area contributed by atoms with Crippen LogP contribution in [0, 0.1) is 9.39 Å². The summed E-state index contributed by atoms with van der Waals surface area (Å²) in [7, 11) is 0. The van der Waals surface area contributed by atoms with Crippen molar-refractivity contribution in [3.8, 4) is 11.5 Å². The molecule has 0 aliphatic rings. The van der Waals surface area contributed by atoms with Crippen LogP contribution in [0.4, 0.5) is 4.39 Å². The molecule has 2 rings (SSSR count). The third-order valence-electron chi connectivity index (χ3n) is 2.46. The van der Waals surface area contributed by atoms with E-state index in [4.69, 9.17) is 10.5 Å². The molecule has 18 heavy (non-hydrogen) atoms. The van der Waals surface area contributed by atoms with Crippen molar-refractivity contribution in [2.24, 2.45) is 5.73 Å². The first-order valence-electron chi connectivity index (χ1n) is 5.61. The fraction of sp³-hybridized carbons (Fsp3) is 0.143. The lowest BCUT2D eigenvalue weighted by Crippen LogP contribution is -2.04. The Kier molecular flexibility index (Phi) is 4.54. The van der Waals surface area contributed by atoms with Gasteiger partial charge in [0.1, 0.15) is 17.3 Å². The molecular weight excluding hydrogens is 344 g/mol. The van der Waals surface area contributed by atoms with Crippen LogP contribution >= 0.6 is 22.6 Å². The van der Waals surface area contributed by atoms with Crippen molar-refractivity contribution in [2.45, 2.75) is 6.42 Å². The average Bonchev–Trinajstić information content (AvgIpc) is 2.33. The van der Waals surface area contributed by atoms with Crippen LogP contribution in [0.3, 0.4) is 0 Å². The summed E-state index contributed by atoms with van der Waals surface area (Å²) < 4.78 is 20.0. The molecule has 0 aliphatic heterocycles. The highest BCUT2D eigenvalue weighted by atomic mass is 127. The van der Waals surface area contributed by atoms with Crippen LogP contribution in [-0.2, 0) is 6.42 Å². The maximum atomic E-state index is 13.2. The highest BCUT2D eigenvalue weighted by molar-refractivity contribution is 14.1. The summed E-state index contributed by atoms with van der Waals surface area (Å²) >= 11 is 2.22. The van der Waals surface area contributed by atoms with Crippen LogP contribution in [0.2, 0.25) is 0 Å². The molecule has 4 heteroatoms. The molecule has 2 nitrogen and oxygen atoms in total. The van der Waals surface area contributed by atoms with Crippen molar-refractivity contribution in [3.05, 3.63) is 57.4 Å². The Hall–Kier alpha value is -1.14. The zero-order chi connectivity index (χ0) is 13.0. The lowest BCUT2D eigenvalue weighted by molar-refractivity contribution is 0.473. The van der Waals surface area contributed by atoms with Crippen LogP contribution in [0.15, 0.2) is 42.5 Å². The second-order valence-corrected chi connectivity index (χ2v) is 5.10. The van der Waals surface area contributed by atoms with E-state index >= 15 is 0 Å². The van der Waals surface area contributed by atoms with E-state index in [-0.39, 0.29) is 5.82 Å². The molecule has 0 spiro atoms. The van der Waals surface area contributed by atoms with E-state index in [1.807, 2.05) is 24.3 Å². The number of nitrogens with two attached hydrogens (primary N) is 1. The lowest BCUT2D eigenvalue weighted by atomic mass is 10.1. The van der Waals surface area contributed by atoms with Gasteiger partial charge in [-0.3, -0.25) is 0 Å². The molecule has 0 radical (unpaired) electrons. The van der Waals surface area contributed by atoms with Crippen LogP contribution in [0.5, 0.6) is 11.5 Å². The molecule has 2 aromatic carbocycles. The second kappa shape index (κ2) is 6.15. The minimum absolute atomic E-state index is 0.270. The van der Waals surface area contributed by atoms with Crippen molar-refractivity contribution in [3.63, 3.8) is 0 Å². The summed E-state index contributed by atoms with van der Waals surface area (Å²) in [5, 5.41) is 0. The van der Waals surface area contributed by atoms with Gasteiger partial charge >= 0.3 is 0 Å². The zero-order valence-electron chi connectivity index (χ0n) is 9.70. The number of ether oxygens (including phenoxy) is 1. The molecule has 0 saturated carbocycles. The fourth-order valence-electron chi connectivity index (χ4n) is 1.66. The van der Waals surface area contributed by atoms with E-state index in [1.165, 1.54) is 12.1 Å². The van der Waals surface area contributed by atoms with Gasteiger partial charge in [-0.1, -0.05) is 6.07 Å². The van der Waals surface area contributed by atoms with Crippen molar-refractivity contribution in [1.82, 2.24) is 0 Å². The maximum Gasteiger partial charge on any atom is 0.130 e. The van der Waals surface area contributed by atoms with Gasteiger partial charge in [0.25, 0.3) is 0 Å². The van der Waals surface area contributed by atoms with Gasteiger partial charge in [0.05, 0.1) is 0 Å². The smallest absolute Gasteiger partial charge is 0.130 e. The van der Waals surface area contributed by atoms with E-state index in [0.29, 0.717) is 18.7 Å². The predicted octanol–water partition coefficient (Wildman–Crippen LogP) is 3.72. The first kappa shape index (κ1) is 13.3. The van der Waals surface area contributed by atoms with E-state index in [9.17, 15) is 4.39 Å². The molecule has 0 unspecified atom stereocenters. The molecule has 0 amide bonds. The maximum absolute atomic E-state index is 13.2. The highest BCUT2D eigenvalue weighted by Crippen LogP contribution is 2.27. The van der Waals surface area contributed by atoms with Gasteiger partial charge in [-0.2, -0.15) is 0 Å². The van der Waals surface area contributed by atoms with Gasteiger partial charge in [-0.05, 0) is 77.5 Å². The van der Waals surface area contributed by atoms with E-state index < -0.39 is 0 Å². The standard InChI is InChI=1S/C14H13FINO/c15-11-4-5-14(10(8-11)6-7-17)18-13-3-1-2-12(16)9-13/h1-5,8-9H,6-7,17H2. The topological polar surface area (TPSA) is 35.2 Å². The van der Waals surface area contributed by atoms with Gasteiger partial charge in [0, 0.05) is 3.57 Å². The minimum Gasteiger partial charge on any atom is -0.457 e. The van der Waals surface area contributed by atoms with Crippen LogP contribution < -0.4 is 10.5 Å². The van der Waals surface area contributed by atoms with Crippen molar-refractivity contribution in [2.75, 3.05) is 6.54 Å². The summed E-state index contributed by atoms with van der Waals surface area (Å²) in [6.07, 6.45) is 0.594. The number of hydrogen-bond acceptors (Lipinski definition) is 2. The molecule has 2 aromatic rings. The molecule has 0 fully saturated rings. The van der Waals surface area contributed by atoms with E-state index in [1.54, 1.807) is 6.07 Å². The third kappa shape index (κ3) is 3.43. The Balaban J connectivity index is 2.28. The Morgan fingerprint density at radius 3 is 2.72 bits per heavy atom. The minimum atomic E-state index is -0.270. The molecule has 2 N–H and O–H groups in total. The number of benzene rings is 2. The molecule has 0 atom stereocenters. The summed E-state index contributed by atoms with van der Waals surface area (Å²) in [5.74, 6) is 1.13. The summed E-state index contributed by atoms with van der Waals surface area (Å²) in [5.41, 5.74) is 6.31. The molecule has 0 heterocycles. The number of halogens is 2. The first-order chi connectivity index (χ1) is 8.69. The number of hydrogen-bond donors (Lipinski definition) is 1. The summed E-state index contributed by atoms with van der Waals surface area (Å²) in [4.78, 5) is 0. The van der Waals surface area contributed by atoms with Crippen LogP contribution in [0.1, 0.15) is 5.56 Å². The monoisotopic (exact) mass is 357 g/mol.